The average molecular weight is 236 g/mol. The molecular weight excluding hydrogens is 216 g/mol. The van der Waals surface area contributed by atoms with Gasteiger partial charge in [0.15, 0.2) is 0 Å². The van der Waals surface area contributed by atoms with Crippen molar-refractivity contribution in [2.24, 2.45) is 5.92 Å². The van der Waals surface area contributed by atoms with Crippen molar-refractivity contribution in [3.63, 3.8) is 0 Å². The Morgan fingerprint density at radius 3 is 2.71 bits per heavy atom. The molecule has 1 atom stereocenters. The summed E-state index contributed by atoms with van der Waals surface area (Å²) in [5, 5.41) is 8.80. The summed E-state index contributed by atoms with van der Waals surface area (Å²) in [6, 6.07) is 10.1. The number of hydrogen-bond acceptors (Lipinski definition) is 3. The Hall–Kier alpha value is -1.35. The number of aryl methyl sites for hydroxylation is 1. The lowest BCUT2D eigenvalue weighted by atomic mass is 10.1. The van der Waals surface area contributed by atoms with E-state index in [2.05, 4.69) is 12.1 Å². The molecule has 0 radical (unpaired) electrons. The molecule has 0 saturated heterocycles. The van der Waals surface area contributed by atoms with E-state index in [9.17, 15) is 4.79 Å². The Labute approximate surface area is 102 Å². The number of hydrogen-bond donors (Lipinski definition) is 1. The van der Waals surface area contributed by atoms with Gasteiger partial charge in [-0.3, -0.25) is 4.79 Å². The Morgan fingerprint density at radius 1 is 1.35 bits per heavy atom. The first-order chi connectivity index (χ1) is 8.22. The van der Waals surface area contributed by atoms with E-state index in [1.54, 1.807) is 0 Å². The van der Waals surface area contributed by atoms with Gasteiger partial charge in [-0.1, -0.05) is 37.3 Å². The van der Waals surface area contributed by atoms with E-state index in [4.69, 9.17) is 9.84 Å². The highest BCUT2D eigenvalue weighted by molar-refractivity contribution is 5.69. The van der Waals surface area contributed by atoms with Crippen LogP contribution in [-0.2, 0) is 16.0 Å². The first-order valence-corrected chi connectivity index (χ1v) is 6.02. The minimum absolute atomic E-state index is 0.0170. The molecule has 94 valence electrons. The Kier molecular flexibility index (Phi) is 6.33. The molecule has 0 saturated carbocycles. The average Bonchev–Trinajstić information content (AvgIpc) is 2.36. The third-order valence-electron chi connectivity index (χ3n) is 2.54. The lowest BCUT2D eigenvalue weighted by Gasteiger charge is -2.08. The minimum Gasteiger partial charge on any atom is -0.466 e. The van der Waals surface area contributed by atoms with Gasteiger partial charge in [-0.25, -0.2) is 0 Å². The summed E-state index contributed by atoms with van der Waals surface area (Å²) >= 11 is 0. The molecule has 0 aliphatic carbocycles. The largest absolute Gasteiger partial charge is 0.466 e. The molecule has 1 aromatic rings. The van der Waals surface area contributed by atoms with Gasteiger partial charge in [0.2, 0.25) is 0 Å². The topological polar surface area (TPSA) is 46.5 Å². The van der Waals surface area contributed by atoms with Crippen LogP contribution in [0.2, 0.25) is 0 Å². The van der Waals surface area contributed by atoms with Crippen LogP contribution in [0.1, 0.15) is 25.3 Å². The SMILES string of the molecule is CC(CO)CC(=O)OCCCc1ccccc1. The standard InChI is InChI=1S/C14H20O3/c1-12(11-15)10-14(16)17-9-5-8-13-6-3-2-4-7-13/h2-4,6-7,12,15H,5,8-11H2,1H3. The van der Waals surface area contributed by atoms with Gasteiger partial charge in [0, 0.05) is 6.61 Å². The summed E-state index contributed by atoms with van der Waals surface area (Å²) in [6.07, 6.45) is 2.05. The van der Waals surface area contributed by atoms with Gasteiger partial charge in [0.1, 0.15) is 0 Å². The van der Waals surface area contributed by atoms with E-state index in [0.29, 0.717) is 13.0 Å². The van der Waals surface area contributed by atoms with Gasteiger partial charge in [-0.05, 0) is 24.3 Å². The molecule has 0 amide bonds. The van der Waals surface area contributed by atoms with Crippen LogP contribution < -0.4 is 0 Å². The number of rotatable bonds is 7. The maximum Gasteiger partial charge on any atom is 0.306 e. The fraction of sp³-hybridized carbons (Fsp3) is 0.500. The van der Waals surface area contributed by atoms with Crippen LogP contribution in [0.25, 0.3) is 0 Å². The molecule has 0 aliphatic heterocycles. The van der Waals surface area contributed by atoms with E-state index in [1.807, 2.05) is 25.1 Å². The molecule has 0 fully saturated rings. The monoisotopic (exact) mass is 236 g/mol. The van der Waals surface area contributed by atoms with Crippen molar-refractivity contribution >= 4 is 5.97 Å². The molecule has 1 aromatic carbocycles. The molecule has 0 bridgehead atoms. The molecule has 3 nitrogen and oxygen atoms in total. The molecular formula is C14H20O3. The van der Waals surface area contributed by atoms with Crippen LogP contribution in [0.5, 0.6) is 0 Å². The number of esters is 1. The zero-order valence-corrected chi connectivity index (χ0v) is 10.3. The second-order valence-corrected chi connectivity index (χ2v) is 4.30. The molecule has 1 N–H and O–H groups in total. The first kappa shape index (κ1) is 13.7. The van der Waals surface area contributed by atoms with Crippen molar-refractivity contribution in [3.05, 3.63) is 35.9 Å². The second kappa shape index (κ2) is 7.85. The third kappa shape index (κ3) is 6.07. The van der Waals surface area contributed by atoms with Crippen molar-refractivity contribution in [1.29, 1.82) is 0 Å². The number of aliphatic hydroxyl groups is 1. The Balaban J connectivity index is 2.10. The van der Waals surface area contributed by atoms with Crippen molar-refractivity contribution in [1.82, 2.24) is 0 Å². The van der Waals surface area contributed by atoms with Crippen LogP contribution >= 0.6 is 0 Å². The Morgan fingerprint density at radius 2 is 2.06 bits per heavy atom. The molecule has 0 spiro atoms. The predicted molar refractivity (Wildman–Crippen MR) is 66.6 cm³/mol. The molecule has 0 aliphatic rings. The summed E-state index contributed by atoms with van der Waals surface area (Å²) in [5.74, 6) is -0.240. The van der Waals surface area contributed by atoms with Crippen LogP contribution in [0.4, 0.5) is 0 Å². The van der Waals surface area contributed by atoms with Crippen molar-refractivity contribution in [3.8, 4) is 0 Å². The summed E-state index contributed by atoms with van der Waals surface area (Å²) in [5.41, 5.74) is 1.26. The van der Waals surface area contributed by atoms with Crippen LogP contribution in [-0.4, -0.2) is 24.3 Å². The van der Waals surface area contributed by atoms with E-state index < -0.39 is 0 Å². The maximum atomic E-state index is 11.3. The van der Waals surface area contributed by atoms with Gasteiger partial charge in [-0.15, -0.1) is 0 Å². The summed E-state index contributed by atoms with van der Waals surface area (Å²) in [7, 11) is 0. The number of carbonyl (C=O) groups excluding carboxylic acids is 1. The highest BCUT2D eigenvalue weighted by Gasteiger charge is 2.08. The highest BCUT2D eigenvalue weighted by Crippen LogP contribution is 2.05. The maximum absolute atomic E-state index is 11.3. The number of ether oxygens (including phenoxy) is 1. The number of carbonyl (C=O) groups is 1. The summed E-state index contributed by atoms with van der Waals surface area (Å²) in [6.45, 7) is 2.30. The molecule has 1 rings (SSSR count). The molecule has 17 heavy (non-hydrogen) atoms. The zero-order valence-electron chi connectivity index (χ0n) is 10.3. The summed E-state index contributed by atoms with van der Waals surface area (Å²) in [4.78, 5) is 11.3. The molecule has 3 heteroatoms. The minimum atomic E-state index is -0.223. The van der Waals surface area contributed by atoms with Gasteiger partial charge < -0.3 is 9.84 Å². The van der Waals surface area contributed by atoms with Crippen LogP contribution in [0.15, 0.2) is 30.3 Å². The second-order valence-electron chi connectivity index (χ2n) is 4.30. The van der Waals surface area contributed by atoms with E-state index in [0.717, 1.165) is 12.8 Å². The fourth-order valence-electron chi connectivity index (χ4n) is 1.51. The van der Waals surface area contributed by atoms with Gasteiger partial charge >= 0.3 is 5.97 Å². The molecule has 0 aromatic heterocycles. The van der Waals surface area contributed by atoms with Gasteiger partial charge in [-0.2, -0.15) is 0 Å². The lowest BCUT2D eigenvalue weighted by Crippen LogP contribution is -2.13. The quantitative estimate of drug-likeness (QED) is 0.583. The van der Waals surface area contributed by atoms with Crippen molar-refractivity contribution < 1.29 is 14.6 Å². The summed E-state index contributed by atoms with van der Waals surface area (Å²) < 4.78 is 5.09. The van der Waals surface area contributed by atoms with Crippen molar-refractivity contribution in [2.75, 3.05) is 13.2 Å². The smallest absolute Gasteiger partial charge is 0.306 e. The molecule has 1 unspecified atom stereocenters. The van der Waals surface area contributed by atoms with Crippen molar-refractivity contribution in [2.45, 2.75) is 26.2 Å². The number of aliphatic hydroxyl groups excluding tert-OH is 1. The first-order valence-electron chi connectivity index (χ1n) is 6.02. The molecule has 0 heterocycles. The number of benzene rings is 1. The van der Waals surface area contributed by atoms with E-state index in [-0.39, 0.29) is 18.5 Å². The normalized spacial score (nSPS) is 12.1. The highest BCUT2D eigenvalue weighted by atomic mass is 16.5. The van der Waals surface area contributed by atoms with E-state index in [1.165, 1.54) is 5.56 Å². The lowest BCUT2D eigenvalue weighted by molar-refractivity contribution is -0.145. The third-order valence-corrected chi connectivity index (χ3v) is 2.54. The fourth-order valence-corrected chi connectivity index (χ4v) is 1.51. The van der Waals surface area contributed by atoms with Crippen LogP contribution in [0.3, 0.4) is 0 Å². The van der Waals surface area contributed by atoms with Crippen LogP contribution in [0, 0.1) is 5.92 Å². The Bertz CT molecular complexity index is 321. The zero-order chi connectivity index (χ0) is 12.5. The van der Waals surface area contributed by atoms with Gasteiger partial charge in [0.25, 0.3) is 0 Å². The predicted octanol–water partition coefficient (Wildman–Crippen LogP) is 2.18. The van der Waals surface area contributed by atoms with Gasteiger partial charge in [0.05, 0.1) is 13.0 Å². The van der Waals surface area contributed by atoms with E-state index >= 15 is 0 Å².